The minimum Gasteiger partial charge on any atom is -0.355 e. The Morgan fingerprint density at radius 1 is 0.643 bits per heavy atom. The van der Waals surface area contributed by atoms with Crippen LogP contribution in [-0.2, 0) is 0 Å². The molecule has 0 bridgehead atoms. The summed E-state index contributed by atoms with van der Waals surface area (Å²) in [5, 5.41) is 0. The summed E-state index contributed by atoms with van der Waals surface area (Å²) < 4.78 is 0. The van der Waals surface area contributed by atoms with Crippen LogP contribution in [0.5, 0.6) is 0 Å². The van der Waals surface area contributed by atoms with Crippen molar-refractivity contribution in [1.82, 2.24) is 0 Å². The monoisotopic (exact) mass is 179 g/mol. The molecular formula is C13H12B-. The quantitative estimate of drug-likeness (QED) is 0.485. The lowest BCUT2D eigenvalue weighted by atomic mass is 9.43. The predicted octanol–water partition coefficient (Wildman–Crippen LogP) is 1.67. The number of rotatable bonds is 2. The van der Waals surface area contributed by atoms with Crippen molar-refractivity contribution < 1.29 is 0 Å². The molecule has 0 amide bonds. The Labute approximate surface area is 85.7 Å². The fourth-order valence-corrected chi connectivity index (χ4v) is 1.56. The van der Waals surface area contributed by atoms with E-state index in [2.05, 4.69) is 55.4 Å². The van der Waals surface area contributed by atoms with Gasteiger partial charge in [0.2, 0.25) is 0 Å². The van der Waals surface area contributed by atoms with Crippen LogP contribution in [0.1, 0.15) is 0 Å². The van der Waals surface area contributed by atoms with Crippen LogP contribution in [-0.4, -0.2) is 6.71 Å². The topological polar surface area (TPSA) is 0 Å². The summed E-state index contributed by atoms with van der Waals surface area (Å²) in [7, 11) is 0. The van der Waals surface area contributed by atoms with E-state index in [0.29, 0.717) is 0 Å². The Morgan fingerprint density at radius 2 is 1.00 bits per heavy atom. The van der Waals surface area contributed by atoms with Gasteiger partial charge in [0.05, 0.1) is 0 Å². The van der Waals surface area contributed by atoms with E-state index < -0.39 is 0 Å². The minimum absolute atomic E-state index is 0.234. The van der Waals surface area contributed by atoms with Crippen LogP contribution in [0.25, 0.3) is 0 Å². The third-order valence-electron chi connectivity index (χ3n) is 2.40. The van der Waals surface area contributed by atoms with Gasteiger partial charge in [0, 0.05) is 6.71 Å². The maximum atomic E-state index is 4.18. The maximum absolute atomic E-state index is 4.18. The second kappa shape index (κ2) is 4.14. The molecule has 0 unspecified atom stereocenters. The van der Waals surface area contributed by atoms with Crippen LogP contribution in [0, 0.1) is 6.82 Å². The highest BCUT2D eigenvalue weighted by Gasteiger charge is 2.02. The zero-order valence-electron chi connectivity index (χ0n) is 8.06. The van der Waals surface area contributed by atoms with Crippen molar-refractivity contribution in [2.24, 2.45) is 0 Å². The molecule has 0 radical (unpaired) electrons. The fraction of sp³-hybridized carbons (Fsp3) is 0. The average Bonchev–Trinajstić information content (AvgIpc) is 2.30. The molecule has 0 fully saturated rings. The zero-order chi connectivity index (χ0) is 9.80. The molecule has 0 heterocycles. The van der Waals surface area contributed by atoms with Gasteiger partial charge in [-0.1, -0.05) is 60.7 Å². The minimum atomic E-state index is 0.234. The number of hydrogen-bond acceptors (Lipinski definition) is 0. The van der Waals surface area contributed by atoms with Crippen LogP contribution in [0.15, 0.2) is 60.7 Å². The molecule has 0 aliphatic heterocycles. The smallest absolute Gasteiger partial charge is 0.0444 e. The van der Waals surface area contributed by atoms with E-state index in [1.54, 1.807) is 0 Å². The number of hydrogen-bond donors (Lipinski definition) is 0. The van der Waals surface area contributed by atoms with Gasteiger partial charge in [-0.25, -0.2) is 0 Å². The second-order valence-corrected chi connectivity index (χ2v) is 3.37. The lowest BCUT2D eigenvalue weighted by molar-refractivity contribution is 1.73. The van der Waals surface area contributed by atoms with Crippen molar-refractivity contribution in [2.45, 2.75) is 0 Å². The molecule has 0 aliphatic carbocycles. The first-order valence-corrected chi connectivity index (χ1v) is 4.81. The van der Waals surface area contributed by atoms with Crippen molar-refractivity contribution in [3.63, 3.8) is 0 Å². The summed E-state index contributed by atoms with van der Waals surface area (Å²) >= 11 is 0. The molecular weight excluding hydrogens is 167 g/mol. The van der Waals surface area contributed by atoms with Crippen LogP contribution in [0.3, 0.4) is 0 Å². The van der Waals surface area contributed by atoms with E-state index in [4.69, 9.17) is 0 Å². The predicted molar refractivity (Wildman–Crippen MR) is 63.3 cm³/mol. The van der Waals surface area contributed by atoms with Crippen LogP contribution >= 0.6 is 0 Å². The van der Waals surface area contributed by atoms with Gasteiger partial charge in [-0.3, -0.25) is 0 Å². The molecule has 2 aromatic carbocycles. The summed E-state index contributed by atoms with van der Waals surface area (Å²) in [6, 6.07) is 20.7. The van der Waals surface area contributed by atoms with E-state index in [9.17, 15) is 0 Å². The maximum Gasteiger partial charge on any atom is 0.0444 e. The van der Waals surface area contributed by atoms with Crippen LogP contribution in [0.2, 0.25) is 0 Å². The van der Waals surface area contributed by atoms with Gasteiger partial charge in [0.15, 0.2) is 0 Å². The van der Waals surface area contributed by atoms with Gasteiger partial charge in [0.25, 0.3) is 0 Å². The molecule has 0 aromatic heterocycles. The summed E-state index contributed by atoms with van der Waals surface area (Å²) in [5.74, 6) is 0. The molecule has 2 rings (SSSR count). The van der Waals surface area contributed by atoms with Gasteiger partial charge in [-0.2, -0.15) is 0 Å². The van der Waals surface area contributed by atoms with E-state index in [1.807, 2.05) is 12.1 Å². The van der Waals surface area contributed by atoms with Crippen molar-refractivity contribution in [1.29, 1.82) is 0 Å². The largest absolute Gasteiger partial charge is 0.355 e. The van der Waals surface area contributed by atoms with E-state index in [0.717, 1.165) is 0 Å². The van der Waals surface area contributed by atoms with Crippen molar-refractivity contribution in [3.8, 4) is 0 Å². The highest BCUT2D eigenvalue weighted by Crippen LogP contribution is 1.90. The molecule has 0 N–H and O–H groups in total. The van der Waals surface area contributed by atoms with Crippen molar-refractivity contribution >= 4 is 17.6 Å². The van der Waals surface area contributed by atoms with Crippen molar-refractivity contribution in [3.05, 3.63) is 67.5 Å². The third-order valence-corrected chi connectivity index (χ3v) is 2.40. The van der Waals surface area contributed by atoms with E-state index in [-0.39, 0.29) is 6.71 Å². The zero-order valence-corrected chi connectivity index (χ0v) is 8.06. The molecule has 14 heavy (non-hydrogen) atoms. The van der Waals surface area contributed by atoms with Gasteiger partial charge < -0.3 is 6.82 Å². The van der Waals surface area contributed by atoms with E-state index in [1.165, 1.54) is 10.9 Å². The Kier molecular flexibility index (Phi) is 2.69. The van der Waals surface area contributed by atoms with E-state index >= 15 is 0 Å². The molecule has 0 atom stereocenters. The second-order valence-electron chi connectivity index (χ2n) is 3.37. The van der Waals surface area contributed by atoms with Crippen LogP contribution < -0.4 is 10.9 Å². The first-order chi connectivity index (χ1) is 6.88. The molecule has 2 aromatic rings. The van der Waals surface area contributed by atoms with Crippen LogP contribution in [0.4, 0.5) is 0 Å². The first-order valence-electron chi connectivity index (χ1n) is 4.81. The third kappa shape index (κ3) is 1.87. The summed E-state index contributed by atoms with van der Waals surface area (Å²) in [6.07, 6.45) is 0. The Hall–Kier alpha value is -1.50. The molecule has 0 saturated heterocycles. The van der Waals surface area contributed by atoms with Crippen molar-refractivity contribution in [2.75, 3.05) is 0 Å². The van der Waals surface area contributed by atoms with Gasteiger partial charge in [-0.05, 0) is 0 Å². The van der Waals surface area contributed by atoms with Gasteiger partial charge >= 0.3 is 0 Å². The summed E-state index contributed by atoms with van der Waals surface area (Å²) in [4.78, 5) is 0. The molecule has 1 heteroatoms. The number of benzene rings is 2. The molecule has 0 spiro atoms. The average molecular weight is 179 g/mol. The Balaban J connectivity index is 2.30. The molecule has 0 nitrogen and oxygen atoms in total. The molecule has 0 saturated carbocycles. The SMILES string of the molecule is [CH2-]B(c1ccccc1)c1ccccc1. The summed E-state index contributed by atoms with van der Waals surface area (Å²) in [5.41, 5.74) is 2.53. The van der Waals surface area contributed by atoms with Gasteiger partial charge in [-0.15, -0.1) is 10.9 Å². The Bertz CT molecular complexity index is 341. The molecule has 0 aliphatic rings. The first kappa shape index (κ1) is 9.08. The standard InChI is InChI=1S/C13H12B/c1-14(12-8-4-2-5-9-12)13-10-6-3-7-11-13/h2-11H,1H2/q-1. The van der Waals surface area contributed by atoms with Gasteiger partial charge in [0.1, 0.15) is 0 Å². The normalized spacial score (nSPS) is 9.79. The highest BCUT2D eigenvalue weighted by molar-refractivity contribution is 6.86. The lowest BCUT2D eigenvalue weighted by Gasteiger charge is -2.15. The lowest BCUT2D eigenvalue weighted by Crippen LogP contribution is -2.39. The fourth-order valence-electron chi connectivity index (χ4n) is 1.56. The summed E-state index contributed by atoms with van der Waals surface area (Å²) in [6.45, 7) is 4.41. The Morgan fingerprint density at radius 3 is 1.36 bits per heavy atom. The highest BCUT2D eigenvalue weighted by atomic mass is 13.9. The molecule has 68 valence electrons.